The first-order valence-electron chi connectivity index (χ1n) is 11.7. The standard InChI is InChI=1S/C30H22BrClN2O3S/c1-36-26-17-21(16-25(31)28(26)37-19-20-9-8-10-22(32)15-20)18-27-29(35)34(24-13-6-3-7-14-24)30(38-27)33-23-11-4-2-5-12-23/h2-18H,19H2,1H3/b27-18+,33-30?. The Kier molecular flexibility index (Phi) is 8.17. The van der Waals surface area contributed by atoms with E-state index >= 15 is 0 Å². The average Bonchev–Trinajstić information content (AvgIpc) is 3.22. The third-order valence-electron chi connectivity index (χ3n) is 5.62. The Labute approximate surface area is 238 Å². The second kappa shape index (κ2) is 11.9. The lowest BCUT2D eigenvalue weighted by atomic mass is 10.1. The van der Waals surface area contributed by atoms with Gasteiger partial charge in [-0.1, -0.05) is 60.1 Å². The molecule has 0 atom stereocenters. The molecule has 1 saturated heterocycles. The van der Waals surface area contributed by atoms with Gasteiger partial charge in [0.15, 0.2) is 16.7 Å². The minimum absolute atomic E-state index is 0.146. The zero-order valence-corrected chi connectivity index (χ0v) is 23.5. The first kappa shape index (κ1) is 26.1. The molecule has 4 aromatic carbocycles. The van der Waals surface area contributed by atoms with Gasteiger partial charge in [0.05, 0.1) is 27.9 Å². The van der Waals surface area contributed by atoms with Crippen molar-refractivity contribution in [2.24, 2.45) is 4.99 Å². The van der Waals surface area contributed by atoms with Crippen molar-refractivity contribution >= 4 is 67.8 Å². The Bertz CT molecular complexity index is 1530. The number of hydrogen-bond acceptors (Lipinski definition) is 5. The summed E-state index contributed by atoms with van der Waals surface area (Å²) in [6.07, 6.45) is 1.84. The van der Waals surface area contributed by atoms with E-state index in [0.29, 0.717) is 37.7 Å². The Hall–Kier alpha value is -3.52. The predicted octanol–water partition coefficient (Wildman–Crippen LogP) is 8.50. The van der Waals surface area contributed by atoms with Gasteiger partial charge in [0.2, 0.25) is 0 Å². The van der Waals surface area contributed by atoms with Crippen LogP contribution in [0.4, 0.5) is 11.4 Å². The third-order valence-corrected chi connectivity index (χ3v) is 7.42. The molecule has 190 valence electrons. The van der Waals surface area contributed by atoms with Gasteiger partial charge >= 0.3 is 0 Å². The quantitative estimate of drug-likeness (QED) is 0.198. The van der Waals surface area contributed by atoms with Gasteiger partial charge in [0.1, 0.15) is 6.61 Å². The molecule has 0 aromatic heterocycles. The fourth-order valence-electron chi connectivity index (χ4n) is 3.86. The number of ether oxygens (including phenoxy) is 2. The molecule has 1 amide bonds. The summed E-state index contributed by atoms with van der Waals surface area (Å²) < 4.78 is 12.4. The van der Waals surface area contributed by atoms with Gasteiger partial charge in [0, 0.05) is 5.02 Å². The smallest absolute Gasteiger partial charge is 0.271 e. The van der Waals surface area contributed by atoms with E-state index < -0.39 is 0 Å². The van der Waals surface area contributed by atoms with Gasteiger partial charge in [-0.2, -0.15) is 0 Å². The number of amides is 1. The molecular formula is C30H22BrClN2O3S. The number of benzene rings is 4. The Morgan fingerprint density at radius 2 is 1.71 bits per heavy atom. The maximum Gasteiger partial charge on any atom is 0.271 e. The first-order chi connectivity index (χ1) is 18.5. The van der Waals surface area contributed by atoms with E-state index in [4.69, 9.17) is 26.1 Å². The fourth-order valence-corrected chi connectivity index (χ4v) is 5.65. The zero-order valence-electron chi connectivity index (χ0n) is 20.3. The van der Waals surface area contributed by atoms with Crippen molar-refractivity contribution in [1.82, 2.24) is 0 Å². The van der Waals surface area contributed by atoms with Crippen LogP contribution in [0.5, 0.6) is 11.5 Å². The van der Waals surface area contributed by atoms with Crippen LogP contribution in [-0.4, -0.2) is 18.2 Å². The lowest BCUT2D eigenvalue weighted by molar-refractivity contribution is -0.113. The molecule has 38 heavy (non-hydrogen) atoms. The molecular weight excluding hydrogens is 584 g/mol. The summed E-state index contributed by atoms with van der Waals surface area (Å²) in [6.45, 7) is 0.329. The molecule has 0 spiro atoms. The van der Waals surface area contributed by atoms with Gasteiger partial charge in [-0.05, 0) is 93.4 Å². The van der Waals surface area contributed by atoms with Gasteiger partial charge in [-0.15, -0.1) is 0 Å². The van der Waals surface area contributed by atoms with E-state index in [1.165, 1.54) is 11.8 Å². The van der Waals surface area contributed by atoms with Crippen molar-refractivity contribution < 1.29 is 14.3 Å². The second-order valence-electron chi connectivity index (χ2n) is 8.27. The summed E-state index contributed by atoms with van der Waals surface area (Å²) in [7, 11) is 1.59. The molecule has 0 radical (unpaired) electrons. The molecule has 1 aliphatic rings. The van der Waals surface area contributed by atoms with Crippen molar-refractivity contribution in [3.8, 4) is 11.5 Å². The summed E-state index contributed by atoms with van der Waals surface area (Å²) in [5, 5.41) is 1.24. The van der Waals surface area contributed by atoms with Crippen LogP contribution < -0.4 is 14.4 Å². The monoisotopic (exact) mass is 604 g/mol. The van der Waals surface area contributed by atoms with Gasteiger partial charge < -0.3 is 9.47 Å². The number of amidine groups is 1. The molecule has 1 fully saturated rings. The molecule has 0 N–H and O–H groups in total. The highest BCUT2D eigenvalue weighted by atomic mass is 79.9. The number of anilines is 1. The van der Waals surface area contributed by atoms with Crippen molar-refractivity contribution in [1.29, 1.82) is 0 Å². The lowest BCUT2D eigenvalue weighted by Crippen LogP contribution is -2.28. The van der Waals surface area contributed by atoms with E-state index in [2.05, 4.69) is 15.9 Å². The average molecular weight is 606 g/mol. The third kappa shape index (κ3) is 5.96. The molecule has 0 bridgehead atoms. The Morgan fingerprint density at radius 1 is 0.974 bits per heavy atom. The number of methoxy groups -OCH3 is 1. The maximum atomic E-state index is 13.6. The molecule has 5 nitrogen and oxygen atoms in total. The highest BCUT2D eigenvalue weighted by Gasteiger charge is 2.34. The van der Waals surface area contributed by atoms with E-state index in [1.807, 2.05) is 103 Å². The minimum Gasteiger partial charge on any atom is -0.493 e. The summed E-state index contributed by atoms with van der Waals surface area (Å²) in [5.74, 6) is 0.964. The SMILES string of the molecule is COc1cc(/C=C2/SC(=Nc3ccccc3)N(c3ccccc3)C2=O)cc(Br)c1OCc1cccc(Cl)c1. The molecule has 4 aromatic rings. The van der Waals surface area contributed by atoms with Gasteiger partial charge in [0.25, 0.3) is 5.91 Å². The minimum atomic E-state index is -0.146. The van der Waals surface area contributed by atoms with Crippen LogP contribution in [0, 0.1) is 0 Å². The van der Waals surface area contributed by atoms with E-state index in [9.17, 15) is 4.79 Å². The van der Waals surface area contributed by atoms with Crippen LogP contribution >= 0.6 is 39.3 Å². The first-order valence-corrected chi connectivity index (χ1v) is 13.7. The largest absolute Gasteiger partial charge is 0.493 e. The summed E-state index contributed by atoms with van der Waals surface area (Å²) in [5.41, 5.74) is 3.26. The lowest BCUT2D eigenvalue weighted by Gasteiger charge is -2.15. The van der Waals surface area contributed by atoms with Crippen LogP contribution in [0.2, 0.25) is 5.02 Å². The van der Waals surface area contributed by atoms with Crippen molar-refractivity contribution in [2.45, 2.75) is 6.61 Å². The Balaban J connectivity index is 1.46. The predicted molar refractivity (Wildman–Crippen MR) is 160 cm³/mol. The molecule has 1 aliphatic heterocycles. The number of carbonyl (C=O) groups is 1. The number of halogens is 2. The molecule has 0 aliphatic carbocycles. The highest BCUT2D eigenvalue weighted by molar-refractivity contribution is 9.10. The zero-order chi connectivity index (χ0) is 26.5. The van der Waals surface area contributed by atoms with Crippen molar-refractivity contribution in [2.75, 3.05) is 12.0 Å². The summed E-state index contributed by atoms with van der Waals surface area (Å²) in [4.78, 5) is 20.5. The van der Waals surface area contributed by atoms with E-state index in [1.54, 1.807) is 12.0 Å². The number of thioether (sulfide) groups is 1. The van der Waals surface area contributed by atoms with Crippen molar-refractivity contribution in [3.05, 3.63) is 123 Å². The number of aliphatic imine (C=N–C) groups is 1. The van der Waals surface area contributed by atoms with E-state index in [0.717, 1.165) is 22.5 Å². The number of carbonyl (C=O) groups excluding carboxylic acids is 1. The van der Waals surface area contributed by atoms with Crippen LogP contribution in [0.15, 0.2) is 111 Å². The molecule has 8 heteroatoms. The van der Waals surface area contributed by atoms with Crippen LogP contribution in [0.3, 0.4) is 0 Å². The molecule has 5 rings (SSSR count). The molecule has 0 unspecified atom stereocenters. The highest BCUT2D eigenvalue weighted by Crippen LogP contribution is 2.41. The van der Waals surface area contributed by atoms with Gasteiger partial charge in [-0.3, -0.25) is 9.69 Å². The Morgan fingerprint density at radius 3 is 2.42 bits per heavy atom. The van der Waals surface area contributed by atoms with Crippen LogP contribution in [-0.2, 0) is 11.4 Å². The topological polar surface area (TPSA) is 51.1 Å². The number of nitrogens with zero attached hydrogens (tertiary/aromatic N) is 2. The normalized spacial score (nSPS) is 15.3. The number of para-hydroxylation sites is 2. The summed E-state index contributed by atoms with van der Waals surface area (Å²) in [6, 6.07) is 30.4. The number of hydrogen-bond donors (Lipinski definition) is 0. The molecule has 0 saturated carbocycles. The van der Waals surface area contributed by atoms with Crippen LogP contribution in [0.1, 0.15) is 11.1 Å². The molecule has 1 heterocycles. The van der Waals surface area contributed by atoms with E-state index in [-0.39, 0.29) is 5.91 Å². The maximum absolute atomic E-state index is 13.6. The summed E-state index contributed by atoms with van der Waals surface area (Å²) >= 11 is 11.0. The fraction of sp³-hybridized carbons (Fsp3) is 0.0667. The number of rotatable bonds is 7. The van der Waals surface area contributed by atoms with Crippen LogP contribution in [0.25, 0.3) is 6.08 Å². The van der Waals surface area contributed by atoms with Gasteiger partial charge in [-0.25, -0.2) is 4.99 Å². The van der Waals surface area contributed by atoms with Crippen molar-refractivity contribution in [3.63, 3.8) is 0 Å². The second-order valence-corrected chi connectivity index (χ2v) is 10.6.